The van der Waals surface area contributed by atoms with E-state index in [0.717, 1.165) is 10.3 Å². The SMILES string of the molecule is O=[N+]([O-])c1ccc2nc(N/N=C/c3ccc(O)cc3)sc2c1. The van der Waals surface area contributed by atoms with Crippen molar-refractivity contribution in [3.63, 3.8) is 0 Å². The predicted octanol–water partition coefficient (Wildman–Crippen LogP) is 3.36. The number of rotatable bonds is 4. The molecule has 0 fully saturated rings. The minimum atomic E-state index is -0.435. The topological polar surface area (TPSA) is 101 Å². The number of aromatic nitrogens is 1. The largest absolute Gasteiger partial charge is 0.508 e. The Labute approximate surface area is 128 Å². The number of nitro groups is 1. The lowest BCUT2D eigenvalue weighted by atomic mass is 10.2. The molecule has 1 aromatic heterocycles. The summed E-state index contributed by atoms with van der Waals surface area (Å²) in [7, 11) is 0. The fraction of sp³-hybridized carbons (Fsp3) is 0. The normalized spacial score (nSPS) is 11.1. The maximum atomic E-state index is 10.7. The Morgan fingerprint density at radius 3 is 2.77 bits per heavy atom. The molecule has 3 aromatic rings. The van der Waals surface area contributed by atoms with Crippen LogP contribution in [0.2, 0.25) is 0 Å². The van der Waals surface area contributed by atoms with E-state index < -0.39 is 4.92 Å². The molecule has 7 nitrogen and oxygen atoms in total. The number of benzene rings is 2. The quantitative estimate of drug-likeness (QED) is 0.437. The van der Waals surface area contributed by atoms with Gasteiger partial charge in [0.15, 0.2) is 0 Å². The summed E-state index contributed by atoms with van der Waals surface area (Å²) in [5.41, 5.74) is 4.33. The van der Waals surface area contributed by atoms with Gasteiger partial charge in [-0.25, -0.2) is 4.98 Å². The third kappa shape index (κ3) is 3.01. The number of non-ortho nitro benzene ring substituents is 1. The van der Waals surface area contributed by atoms with Crippen LogP contribution in [0, 0.1) is 10.1 Å². The van der Waals surface area contributed by atoms with E-state index in [1.54, 1.807) is 36.5 Å². The molecule has 110 valence electrons. The third-order valence-corrected chi connectivity index (χ3v) is 3.77. The standard InChI is InChI=1S/C14H10N4O3S/c19-11-4-1-9(2-5-11)8-15-17-14-16-12-6-3-10(18(20)21)7-13(12)22-14/h1-8,19H,(H,16,17)/b15-8+. The second-order valence-electron chi connectivity index (χ2n) is 4.39. The smallest absolute Gasteiger partial charge is 0.270 e. The molecular formula is C14H10N4O3S. The van der Waals surface area contributed by atoms with Crippen molar-refractivity contribution in [1.82, 2.24) is 4.98 Å². The fourth-order valence-corrected chi connectivity index (χ4v) is 2.65. The van der Waals surface area contributed by atoms with Crippen LogP contribution in [0.4, 0.5) is 10.8 Å². The van der Waals surface area contributed by atoms with Crippen LogP contribution in [0.5, 0.6) is 5.75 Å². The first-order chi connectivity index (χ1) is 10.6. The molecule has 2 aromatic carbocycles. The Bertz CT molecular complexity index is 858. The van der Waals surface area contributed by atoms with Crippen LogP contribution in [0.25, 0.3) is 10.2 Å². The Morgan fingerprint density at radius 2 is 2.05 bits per heavy atom. The van der Waals surface area contributed by atoms with Gasteiger partial charge in [-0.3, -0.25) is 15.5 Å². The molecule has 0 aliphatic carbocycles. The van der Waals surface area contributed by atoms with Gasteiger partial charge < -0.3 is 5.11 Å². The first-order valence-electron chi connectivity index (χ1n) is 6.25. The van der Waals surface area contributed by atoms with Gasteiger partial charge in [-0.15, -0.1) is 0 Å². The number of hydrogen-bond acceptors (Lipinski definition) is 7. The van der Waals surface area contributed by atoms with Crippen molar-refractivity contribution in [2.24, 2.45) is 5.10 Å². The van der Waals surface area contributed by atoms with E-state index in [9.17, 15) is 15.2 Å². The van der Waals surface area contributed by atoms with Gasteiger partial charge in [0, 0.05) is 12.1 Å². The highest BCUT2D eigenvalue weighted by molar-refractivity contribution is 7.22. The number of nitrogens with one attached hydrogen (secondary N) is 1. The van der Waals surface area contributed by atoms with Crippen molar-refractivity contribution in [3.05, 3.63) is 58.1 Å². The summed E-state index contributed by atoms with van der Waals surface area (Å²) in [5.74, 6) is 0.192. The van der Waals surface area contributed by atoms with Crippen LogP contribution in [0.3, 0.4) is 0 Å². The van der Waals surface area contributed by atoms with Crippen LogP contribution in [-0.2, 0) is 0 Å². The first-order valence-corrected chi connectivity index (χ1v) is 7.06. The van der Waals surface area contributed by atoms with Gasteiger partial charge >= 0.3 is 0 Å². The molecule has 0 saturated heterocycles. The number of aromatic hydroxyl groups is 1. The number of hydrazone groups is 1. The van der Waals surface area contributed by atoms with E-state index in [4.69, 9.17) is 0 Å². The summed E-state index contributed by atoms with van der Waals surface area (Å²) in [6, 6.07) is 11.1. The first kappa shape index (κ1) is 14.0. The molecule has 0 unspecified atom stereocenters. The molecule has 0 radical (unpaired) electrons. The number of fused-ring (bicyclic) bond motifs is 1. The number of nitrogens with zero attached hydrogens (tertiary/aromatic N) is 3. The summed E-state index contributed by atoms with van der Waals surface area (Å²) < 4.78 is 0.719. The Balaban J connectivity index is 1.76. The van der Waals surface area contributed by atoms with Crippen molar-refractivity contribution in [3.8, 4) is 5.75 Å². The molecule has 0 aliphatic heterocycles. The molecule has 3 rings (SSSR count). The molecule has 0 saturated carbocycles. The number of hydrogen-bond donors (Lipinski definition) is 2. The average molecular weight is 314 g/mol. The average Bonchev–Trinajstić information content (AvgIpc) is 2.91. The molecule has 2 N–H and O–H groups in total. The minimum Gasteiger partial charge on any atom is -0.508 e. The maximum Gasteiger partial charge on any atom is 0.270 e. The van der Waals surface area contributed by atoms with Gasteiger partial charge in [0.05, 0.1) is 21.4 Å². The second kappa shape index (κ2) is 5.78. The highest BCUT2D eigenvalue weighted by Gasteiger charge is 2.09. The molecule has 1 heterocycles. The Hall–Kier alpha value is -3.00. The van der Waals surface area contributed by atoms with Crippen molar-refractivity contribution < 1.29 is 10.0 Å². The summed E-state index contributed by atoms with van der Waals surface area (Å²) in [4.78, 5) is 14.6. The zero-order valence-corrected chi connectivity index (χ0v) is 11.9. The van der Waals surface area contributed by atoms with Crippen LogP contribution in [-0.4, -0.2) is 21.2 Å². The highest BCUT2D eigenvalue weighted by atomic mass is 32.1. The number of nitro benzene ring substituents is 1. The monoisotopic (exact) mass is 314 g/mol. The molecule has 0 spiro atoms. The summed E-state index contributed by atoms with van der Waals surface area (Å²) in [6.45, 7) is 0. The van der Waals surface area contributed by atoms with Gasteiger partial charge in [0.1, 0.15) is 5.75 Å². The molecule has 0 amide bonds. The van der Waals surface area contributed by atoms with Crippen LogP contribution in [0.15, 0.2) is 47.6 Å². The van der Waals surface area contributed by atoms with E-state index in [0.29, 0.717) is 10.6 Å². The molecule has 0 atom stereocenters. The van der Waals surface area contributed by atoms with E-state index in [2.05, 4.69) is 15.5 Å². The Kier molecular flexibility index (Phi) is 3.67. The lowest BCUT2D eigenvalue weighted by Crippen LogP contribution is -1.89. The predicted molar refractivity (Wildman–Crippen MR) is 85.6 cm³/mol. The molecule has 8 heteroatoms. The second-order valence-corrected chi connectivity index (χ2v) is 5.42. The number of anilines is 1. The van der Waals surface area contributed by atoms with Crippen LogP contribution >= 0.6 is 11.3 Å². The highest BCUT2D eigenvalue weighted by Crippen LogP contribution is 2.29. The molecular weight excluding hydrogens is 304 g/mol. The van der Waals surface area contributed by atoms with Crippen LogP contribution < -0.4 is 5.43 Å². The van der Waals surface area contributed by atoms with Gasteiger partial charge in [-0.05, 0) is 35.9 Å². The molecule has 0 bridgehead atoms. The van der Waals surface area contributed by atoms with Crippen molar-refractivity contribution in [2.75, 3.05) is 5.43 Å². The van der Waals surface area contributed by atoms with E-state index in [1.165, 1.54) is 23.5 Å². The molecule has 0 aliphatic rings. The van der Waals surface area contributed by atoms with E-state index >= 15 is 0 Å². The van der Waals surface area contributed by atoms with Crippen LogP contribution in [0.1, 0.15) is 5.56 Å². The van der Waals surface area contributed by atoms with Crippen molar-refractivity contribution in [2.45, 2.75) is 0 Å². The summed E-state index contributed by atoms with van der Waals surface area (Å²) >= 11 is 1.29. The van der Waals surface area contributed by atoms with Gasteiger partial charge in [-0.1, -0.05) is 11.3 Å². The zero-order valence-electron chi connectivity index (χ0n) is 11.1. The van der Waals surface area contributed by atoms with Crippen molar-refractivity contribution >= 4 is 38.6 Å². The zero-order chi connectivity index (χ0) is 15.5. The maximum absolute atomic E-state index is 10.7. The van der Waals surface area contributed by atoms with Gasteiger partial charge in [-0.2, -0.15) is 5.10 Å². The van der Waals surface area contributed by atoms with E-state index in [1.807, 2.05) is 0 Å². The minimum absolute atomic E-state index is 0.0373. The van der Waals surface area contributed by atoms with E-state index in [-0.39, 0.29) is 11.4 Å². The Morgan fingerprint density at radius 1 is 1.27 bits per heavy atom. The lowest BCUT2D eigenvalue weighted by molar-refractivity contribution is -0.384. The van der Waals surface area contributed by atoms with Gasteiger partial charge in [0.25, 0.3) is 5.69 Å². The lowest BCUT2D eigenvalue weighted by Gasteiger charge is -1.94. The third-order valence-electron chi connectivity index (χ3n) is 2.85. The summed E-state index contributed by atoms with van der Waals surface area (Å²) in [6.07, 6.45) is 1.59. The number of phenols is 1. The fourth-order valence-electron chi connectivity index (χ4n) is 1.80. The summed E-state index contributed by atoms with van der Waals surface area (Å²) in [5, 5.41) is 24.5. The number of phenolic OH excluding ortho intramolecular Hbond substituents is 1. The molecule has 22 heavy (non-hydrogen) atoms. The van der Waals surface area contributed by atoms with Gasteiger partial charge in [0.2, 0.25) is 5.13 Å². The number of thiazole rings is 1. The van der Waals surface area contributed by atoms with Crippen molar-refractivity contribution in [1.29, 1.82) is 0 Å².